The minimum atomic E-state index is 0.373. The maximum Gasteiger partial charge on any atom is 0.173 e. The first-order valence-corrected chi connectivity index (χ1v) is 5.46. The van der Waals surface area contributed by atoms with E-state index in [-0.39, 0.29) is 0 Å². The lowest BCUT2D eigenvalue weighted by atomic mass is 10.2. The zero-order valence-corrected chi connectivity index (χ0v) is 9.72. The Kier molecular flexibility index (Phi) is 2.23. The highest BCUT2D eigenvalue weighted by atomic mass is 32.1. The van der Waals surface area contributed by atoms with Crippen LogP contribution in [-0.4, -0.2) is 19.2 Å². The summed E-state index contributed by atoms with van der Waals surface area (Å²) in [6, 6.07) is 7.84. The molecule has 0 spiro atoms. The molecular formula is C12H8N4S. The van der Waals surface area contributed by atoms with Crippen LogP contribution >= 0.6 is 12.8 Å². The van der Waals surface area contributed by atoms with E-state index in [2.05, 4.69) is 33.9 Å². The molecule has 0 fully saturated rings. The average molecular weight is 240 g/mol. The van der Waals surface area contributed by atoms with Gasteiger partial charge in [0.05, 0.1) is 11.9 Å². The number of terminal acetylenes is 1. The molecule has 0 amide bonds. The fourth-order valence-corrected chi connectivity index (χ4v) is 2.12. The second-order valence-corrected chi connectivity index (χ2v) is 4.01. The Hall–Kier alpha value is -2.06. The molecule has 2 aromatic heterocycles. The van der Waals surface area contributed by atoms with Crippen molar-refractivity contribution in [1.29, 1.82) is 0 Å². The van der Waals surface area contributed by atoms with Crippen molar-refractivity contribution in [2.45, 2.75) is 6.42 Å². The zero-order chi connectivity index (χ0) is 11.8. The van der Waals surface area contributed by atoms with Gasteiger partial charge in [0.2, 0.25) is 0 Å². The Bertz CT molecular complexity index is 754. The summed E-state index contributed by atoms with van der Waals surface area (Å²) in [6.07, 6.45) is 5.61. The highest BCUT2D eigenvalue weighted by Gasteiger charge is 2.11. The van der Waals surface area contributed by atoms with Gasteiger partial charge in [-0.3, -0.25) is 3.97 Å². The Morgan fingerprint density at radius 2 is 2.12 bits per heavy atom. The average Bonchev–Trinajstić information content (AvgIpc) is 2.65. The van der Waals surface area contributed by atoms with E-state index in [0.717, 1.165) is 16.4 Å². The van der Waals surface area contributed by atoms with Gasteiger partial charge in [0.25, 0.3) is 0 Å². The molecule has 0 aliphatic carbocycles. The van der Waals surface area contributed by atoms with Crippen molar-refractivity contribution in [2.24, 2.45) is 0 Å². The molecule has 17 heavy (non-hydrogen) atoms. The summed E-state index contributed by atoms with van der Waals surface area (Å²) in [5.41, 5.74) is 2.40. The summed E-state index contributed by atoms with van der Waals surface area (Å²) in [5, 5.41) is 9.17. The van der Waals surface area contributed by atoms with Gasteiger partial charge in [-0.05, 0) is 6.07 Å². The van der Waals surface area contributed by atoms with Gasteiger partial charge >= 0.3 is 0 Å². The molecule has 0 unspecified atom stereocenters. The van der Waals surface area contributed by atoms with E-state index < -0.39 is 0 Å². The lowest BCUT2D eigenvalue weighted by molar-refractivity contribution is 0.918. The topological polar surface area (TPSA) is 43.6 Å². The van der Waals surface area contributed by atoms with Crippen LogP contribution in [0.15, 0.2) is 24.3 Å². The summed E-state index contributed by atoms with van der Waals surface area (Å²) in [5.74, 6) is 3.04. The fourth-order valence-electron chi connectivity index (χ4n) is 1.81. The molecule has 4 nitrogen and oxygen atoms in total. The number of hydrogen-bond donors (Lipinski definition) is 1. The number of para-hydroxylation sites is 1. The zero-order valence-electron chi connectivity index (χ0n) is 8.83. The highest BCUT2D eigenvalue weighted by molar-refractivity contribution is 7.79. The molecule has 0 aliphatic heterocycles. The molecule has 0 aliphatic rings. The van der Waals surface area contributed by atoms with Crippen LogP contribution in [0.4, 0.5) is 0 Å². The SMILES string of the molecule is C#CCc1nnc2c3ccccc3n(S)c2n1. The van der Waals surface area contributed by atoms with Crippen molar-refractivity contribution < 1.29 is 0 Å². The van der Waals surface area contributed by atoms with E-state index in [1.54, 1.807) is 3.97 Å². The summed E-state index contributed by atoms with van der Waals surface area (Å²) in [6.45, 7) is 0. The van der Waals surface area contributed by atoms with Crippen LogP contribution in [-0.2, 0) is 6.42 Å². The summed E-state index contributed by atoms with van der Waals surface area (Å²) >= 11 is 4.42. The second kappa shape index (κ2) is 3.75. The standard InChI is InChI=1S/C12H8N4S/c1-2-5-10-13-12-11(15-14-10)8-6-3-4-7-9(8)16(12)17/h1,3-4,6-7,17H,5H2. The molecule has 3 aromatic rings. The lowest BCUT2D eigenvalue weighted by Crippen LogP contribution is -1.97. The highest BCUT2D eigenvalue weighted by Crippen LogP contribution is 2.26. The Morgan fingerprint density at radius 1 is 1.29 bits per heavy atom. The van der Waals surface area contributed by atoms with Gasteiger partial charge in [-0.1, -0.05) is 36.9 Å². The molecule has 0 radical (unpaired) electrons. The fraction of sp³-hybridized carbons (Fsp3) is 0.0833. The van der Waals surface area contributed by atoms with E-state index in [0.29, 0.717) is 17.9 Å². The van der Waals surface area contributed by atoms with Gasteiger partial charge in [0, 0.05) is 5.39 Å². The maximum atomic E-state index is 5.23. The molecule has 5 heteroatoms. The Morgan fingerprint density at radius 3 is 2.94 bits per heavy atom. The van der Waals surface area contributed by atoms with Gasteiger partial charge in [0.1, 0.15) is 5.52 Å². The number of fused-ring (bicyclic) bond motifs is 3. The molecule has 2 heterocycles. The minimum absolute atomic E-state index is 0.373. The third-order valence-electron chi connectivity index (χ3n) is 2.56. The van der Waals surface area contributed by atoms with E-state index in [9.17, 15) is 0 Å². The van der Waals surface area contributed by atoms with E-state index in [4.69, 9.17) is 6.42 Å². The predicted molar refractivity (Wildman–Crippen MR) is 69.8 cm³/mol. The number of hydrogen-bond acceptors (Lipinski definition) is 4. The van der Waals surface area contributed by atoms with Crippen molar-refractivity contribution in [3.05, 3.63) is 30.1 Å². The minimum Gasteiger partial charge on any atom is -0.268 e. The van der Waals surface area contributed by atoms with Gasteiger partial charge in [-0.2, -0.15) is 0 Å². The van der Waals surface area contributed by atoms with E-state index in [1.165, 1.54) is 0 Å². The van der Waals surface area contributed by atoms with Crippen LogP contribution in [0.2, 0.25) is 0 Å². The summed E-state index contributed by atoms with van der Waals surface area (Å²) < 4.78 is 1.71. The lowest BCUT2D eigenvalue weighted by Gasteiger charge is -1.95. The van der Waals surface area contributed by atoms with Gasteiger partial charge in [0.15, 0.2) is 11.5 Å². The normalized spacial score (nSPS) is 10.8. The van der Waals surface area contributed by atoms with E-state index in [1.807, 2.05) is 24.3 Å². The molecule has 3 rings (SSSR count). The van der Waals surface area contributed by atoms with Crippen molar-refractivity contribution in [3.63, 3.8) is 0 Å². The number of rotatable bonds is 1. The number of nitrogens with zero attached hydrogens (tertiary/aromatic N) is 4. The molecular weight excluding hydrogens is 232 g/mol. The first-order valence-electron chi connectivity index (χ1n) is 5.06. The molecule has 0 saturated carbocycles. The molecule has 1 aromatic carbocycles. The second-order valence-electron chi connectivity index (χ2n) is 3.61. The van der Waals surface area contributed by atoms with Crippen LogP contribution in [0.5, 0.6) is 0 Å². The molecule has 0 saturated heterocycles. The van der Waals surface area contributed by atoms with Crippen LogP contribution in [0.3, 0.4) is 0 Å². The molecule has 82 valence electrons. The van der Waals surface area contributed by atoms with Crippen LogP contribution < -0.4 is 0 Å². The summed E-state index contributed by atoms with van der Waals surface area (Å²) in [7, 11) is 0. The van der Waals surface area contributed by atoms with Gasteiger partial charge in [-0.25, -0.2) is 4.98 Å². The van der Waals surface area contributed by atoms with Crippen molar-refractivity contribution in [3.8, 4) is 12.3 Å². The van der Waals surface area contributed by atoms with Crippen molar-refractivity contribution in [1.82, 2.24) is 19.2 Å². The van der Waals surface area contributed by atoms with Crippen LogP contribution in [0, 0.1) is 12.3 Å². The first-order chi connectivity index (χ1) is 8.31. The van der Waals surface area contributed by atoms with Crippen molar-refractivity contribution in [2.75, 3.05) is 0 Å². The monoisotopic (exact) mass is 240 g/mol. The third kappa shape index (κ3) is 1.46. The molecule has 0 bridgehead atoms. The smallest absolute Gasteiger partial charge is 0.173 e. The maximum absolute atomic E-state index is 5.23. The van der Waals surface area contributed by atoms with Crippen molar-refractivity contribution >= 4 is 34.9 Å². The third-order valence-corrected chi connectivity index (χ3v) is 2.97. The summed E-state index contributed by atoms with van der Waals surface area (Å²) in [4.78, 5) is 4.37. The number of benzene rings is 1. The van der Waals surface area contributed by atoms with E-state index >= 15 is 0 Å². The molecule has 0 N–H and O–H groups in total. The molecule has 0 atom stereocenters. The largest absolute Gasteiger partial charge is 0.268 e. The Balaban J connectivity index is 2.41. The predicted octanol–water partition coefficient (Wildman–Crippen LogP) is 1.85. The van der Waals surface area contributed by atoms with Crippen LogP contribution in [0.1, 0.15) is 5.82 Å². The van der Waals surface area contributed by atoms with Crippen LogP contribution in [0.25, 0.3) is 22.1 Å². The number of aromatic nitrogens is 4. The number of thiol groups is 1. The van der Waals surface area contributed by atoms with Gasteiger partial charge < -0.3 is 0 Å². The first kappa shape index (κ1) is 10.1. The Labute approximate surface area is 103 Å². The van der Waals surface area contributed by atoms with Gasteiger partial charge in [-0.15, -0.1) is 16.6 Å². The quantitative estimate of drug-likeness (QED) is 0.521.